The molecule has 0 aliphatic heterocycles. The molecule has 0 saturated heterocycles. The van der Waals surface area contributed by atoms with Crippen LogP contribution >= 0.6 is 0 Å². The van der Waals surface area contributed by atoms with Crippen molar-refractivity contribution >= 4 is 11.9 Å². The van der Waals surface area contributed by atoms with E-state index in [1.54, 1.807) is 31.2 Å². The number of aliphatic carboxylic acids is 1. The maximum atomic E-state index is 11.7. The summed E-state index contributed by atoms with van der Waals surface area (Å²) in [5.74, 6) is -1.76. The summed E-state index contributed by atoms with van der Waals surface area (Å²) in [6.07, 6.45) is 0. The van der Waals surface area contributed by atoms with Crippen LogP contribution in [0.4, 0.5) is 0 Å². The summed E-state index contributed by atoms with van der Waals surface area (Å²) in [7, 11) is 0. The summed E-state index contributed by atoms with van der Waals surface area (Å²) in [5.41, 5.74) is 1.16. The molecule has 0 aliphatic carbocycles. The third kappa shape index (κ3) is 2.80. The molecule has 0 heterocycles. The first kappa shape index (κ1) is 12.2. The number of benzene rings is 1. The van der Waals surface area contributed by atoms with Crippen LogP contribution in [0.5, 0.6) is 0 Å². The van der Waals surface area contributed by atoms with Gasteiger partial charge >= 0.3 is 5.97 Å². The summed E-state index contributed by atoms with van der Waals surface area (Å²) < 4.78 is 0. The van der Waals surface area contributed by atoms with Crippen molar-refractivity contribution in [2.24, 2.45) is 0 Å². The van der Waals surface area contributed by atoms with E-state index in [1.165, 1.54) is 0 Å². The highest BCUT2D eigenvalue weighted by atomic mass is 16.4. The lowest BCUT2D eigenvalue weighted by atomic mass is 10.1. The van der Waals surface area contributed by atoms with Crippen LogP contribution in [0, 0.1) is 6.92 Å². The van der Waals surface area contributed by atoms with Crippen molar-refractivity contribution in [1.29, 1.82) is 0 Å². The number of amides is 1. The van der Waals surface area contributed by atoms with Crippen molar-refractivity contribution in [1.82, 2.24) is 5.32 Å². The molecule has 0 saturated carbocycles. The van der Waals surface area contributed by atoms with Crippen molar-refractivity contribution in [3.63, 3.8) is 0 Å². The lowest BCUT2D eigenvalue weighted by Gasteiger charge is -2.12. The number of aliphatic hydroxyl groups excluding tert-OH is 1. The summed E-state index contributed by atoms with van der Waals surface area (Å²) in [6, 6.07) is 5.56. The largest absolute Gasteiger partial charge is 0.480 e. The number of carboxylic acids is 1. The summed E-state index contributed by atoms with van der Waals surface area (Å²) in [6.45, 7) is 1.12. The van der Waals surface area contributed by atoms with Crippen LogP contribution in [-0.2, 0) is 4.79 Å². The van der Waals surface area contributed by atoms with Gasteiger partial charge in [-0.25, -0.2) is 4.79 Å². The predicted molar refractivity (Wildman–Crippen MR) is 57.2 cm³/mol. The molecule has 0 aromatic heterocycles. The van der Waals surface area contributed by atoms with E-state index in [9.17, 15) is 9.59 Å². The SMILES string of the molecule is Cc1ccccc1C(=O)N[C@H](CO)C(=O)O. The third-order valence-corrected chi connectivity index (χ3v) is 2.18. The van der Waals surface area contributed by atoms with Gasteiger partial charge in [-0.15, -0.1) is 0 Å². The molecule has 1 aromatic rings. The first-order valence-corrected chi connectivity index (χ1v) is 4.76. The second-order valence-electron chi connectivity index (χ2n) is 3.36. The monoisotopic (exact) mass is 223 g/mol. The fourth-order valence-electron chi connectivity index (χ4n) is 1.25. The van der Waals surface area contributed by atoms with Crippen LogP contribution in [0.25, 0.3) is 0 Å². The second-order valence-corrected chi connectivity index (χ2v) is 3.36. The van der Waals surface area contributed by atoms with Gasteiger partial charge in [0.15, 0.2) is 6.04 Å². The predicted octanol–water partition coefficient (Wildman–Crippen LogP) is 0.170. The molecule has 1 amide bonds. The molecule has 1 rings (SSSR count). The first-order chi connectivity index (χ1) is 7.56. The summed E-state index contributed by atoms with van der Waals surface area (Å²) in [4.78, 5) is 22.3. The Bertz CT molecular complexity index is 403. The molecule has 3 N–H and O–H groups in total. The zero-order chi connectivity index (χ0) is 12.1. The molecule has 16 heavy (non-hydrogen) atoms. The maximum Gasteiger partial charge on any atom is 0.328 e. The Hall–Kier alpha value is -1.88. The number of aryl methyl sites for hydroxylation is 1. The highest BCUT2D eigenvalue weighted by molar-refractivity contribution is 5.97. The van der Waals surface area contributed by atoms with Gasteiger partial charge in [-0.3, -0.25) is 4.79 Å². The van der Waals surface area contributed by atoms with Crippen LogP contribution in [0.3, 0.4) is 0 Å². The molecular formula is C11H13NO4. The quantitative estimate of drug-likeness (QED) is 0.679. The van der Waals surface area contributed by atoms with Gasteiger partial charge in [-0.05, 0) is 18.6 Å². The number of aliphatic hydroxyl groups is 1. The van der Waals surface area contributed by atoms with Crippen molar-refractivity contribution in [2.45, 2.75) is 13.0 Å². The zero-order valence-electron chi connectivity index (χ0n) is 8.80. The molecule has 1 aromatic carbocycles. The molecule has 0 radical (unpaired) electrons. The Labute approximate surface area is 92.7 Å². The highest BCUT2D eigenvalue weighted by Gasteiger charge is 2.19. The Morgan fingerprint density at radius 2 is 2.00 bits per heavy atom. The number of nitrogens with one attached hydrogen (secondary N) is 1. The van der Waals surface area contributed by atoms with E-state index in [0.29, 0.717) is 5.56 Å². The summed E-state index contributed by atoms with van der Waals surface area (Å²) >= 11 is 0. The van der Waals surface area contributed by atoms with Crippen LogP contribution in [0.1, 0.15) is 15.9 Å². The van der Waals surface area contributed by atoms with E-state index in [0.717, 1.165) is 5.56 Å². The third-order valence-electron chi connectivity index (χ3n) is 2.18. The molecule has 0 aliphatic rings. The normalized spacial score (nSPS) is 11.9. The maximum absolute atomic E-state index is 11.7. The minimum Gasteiger partial charge on any atom is -0.480 e. The van der Waals surface area contributed by atoms with Gasteiger partial charge in [0.05, 0.1) is 6.61 Å². The smallest absolute Gasteiger partial charge is 0.328 e. The van der Waals surface area contributed by atoms with Crippen LogP contribution in [0.2, 0.25) is 0 Å². The van der Waals surface area contributed by atoms with Crippen molar-refractivity contribution in [2.75, 3.05) is 6.61 Å². The van der Waals surface area contributed by atoms with Gasteiger partial charge in [0.1, 0.15) is 0 Å². The molecule has 0 fully saturated rings. The molecule has 5 heteroatoms. The summed E-state index contributed by atoms with van der Waals surface area (Å²) in [5, 5.41) is 19.7. The van der Waals surface area contributed by atoms with Crippen molar-refractivity contribution in [3.05, 3.63) is 35.4 Å². The molecule has 0 unspecified atom stereocenters. The first-order valence-electron chi connectivity index (χ1n) is 4.76. The minimum absolute atomic E-state index is 0.405. The van der Waals surface area contributed by atoms with Gasteiger partial charge < -0.3 is 15.5 Å². The number of hydrogen-bond donors (Lipinski definition) is 3. The molecule has 0 bridgehead atoms. The standard InChI is InChI=1S/C11H13NO4/c1-7-4-2-3-5-8(7)10(14)12-9(6-13)11(15)16/h2-5,9,13H,6H2,1H3,(H,12,14)(H,15,16)/t9-/m1/s1. The molecule has 0 spiro atoms. The van der Waals surface area contributed by atoms with E-state index in [4.69, 9.17) is 10.2 Å². The number of rotatable bonds is 4. The zero-order valence-corrected chi connectivity index (χ0v) is 8.80. The van der Waals surface area contributed by atoms with E-state index in [2.05, 4.69) is 5.32 Å². The van der Waals surface area contributed by atoms with Crippen LogP contribution in [0.15, 0.2) is 24.3 Å². The van der Waals surface area contributed by atoms with Gasteiger partial charge in [-0.1, -0.05) is 18.2 Å². The molecule has 1 atom stereocenters. The highest BCUT2D eigenvalue weighted by Crippen LogP contribution is 2.06. The Morgan fingerprint density at radius 3 is 2.50 bits per heavy atom. The lowest BCUT2D eigenvalue weighted by molar-refractivity contribution is -0.140. The van der Waals surface area contributed by atoms with E-state index >= 15 is 0 Å². The topological polar surface area (TPSA) is 86.6 Å². The van der Waals surface area contributed by atoms with Gasteiger partial charge in [0, 0.05) is 5.56 Å². The van der Waals surface area contributed by atoms with Crippen LogP contribution in [-0.4, -0.2) is 34.7 Å². The van der Waals surface area contributed by atoms with Gasteiger partial charge in [-0.2, -0.15) is 0 Å². The number of carboxylic acid groups (broad SMARTS) is 1. The number of hydrogen-bond acceptors (Lipinski definition) is 3. The Kier molecular flexibility index (Phi) is 4.02. The molecular weight excluding hydrogens is 210 g/mol. The number of carbonyl (C=O) groups is 2. The van der Waals surface area contributed by atoms with Gasteiger partial charge in [0.25, 0.3) is 5.91 Å². The fourth-order valence-corrected chi connectivity index (χ4v) is 1.25. The number of carbonyl (C=O) groups excluding carboxylic acids is 1. The second kappa shape index (κ2) is 5.27. The van der Waals surface area contributed by atoms with E-state index in [1.807, 2.05) is 0 Å². The molecule has 86 valence electrons. The Balaban J connectivity index is 2.80. The fraction of sp³-hybridized carbons (Fsp3) is 0.273. The average Bonchev–Trinajstić information content (AvgIpc) is 2.25. The minimum atomic E-state index is -1.27. The van der Waals surface area contributed by atoms with E-state index < -0.39 is 24.5 Å². The van der Waals surface area contributed by atoms with Gasteiger partial charge in [0.2, 0.25) is 0 Å². The molecule has 5 nitrogen and oxygen atoms in total. The van der Waals surface area contributed by atoms with Crippen LogP contribution < -0.4 is 5.32 Å². The van der Waals surface area contributed by atoms with Crippen molar-refractivity contribution < 1.29 is 19.8 Å². The van der Waals surface area contributed by atoms with Crippen molar-refractivity contribution in [3.8, 4) is 0 Å². The lowest BCUT2D eigenvalue weighted by Crippen LogP contribution is -2.43. The average molecular weight is 223 g/mol. The Morgan fingerprint density at radius 1 is 1.38 bits per heavy atom. The van der Waals surface area contributed by atoms with E-state index in [-0.39, 0.29) is 0 Å².